The van der Waals surface area contributed by atoms with Crippen LogP contribution in [0.15, 0.2) is 23.7 Å². The summed E-state index contributed by atoms with van der Waals surface area (Å²) in [5.74, 6) is 0.132. The van der Waals surface area contributed by atoms with E-state index in [1.165, 1.54) is 0 Å². The fraction of sp³-hybridized carbons (Fsp3) is 0.565. The van der Waals surface area contributed by atoms with E-state index in [0.717, 1.165) is 33.9 Å². The Labute approximate surface area is 184 Å². The van der Waals surface area contributed by atoms with Gasteiger partial charge in [-0.2, -0.15) is 0 Å². The molecular weight excluding hydrogens is 398 g/mol. The van der Waals surface area contributed by atoms with Crippen LogP contribution >= 0.6 is 11.3 Å². The van der Waals surface area contributed by atoms with Crippen LogP contribution in [-0.2, 0) is 11.3 Å². The van der Waals surface area contributed by atoms with Crippen molar-refractivity contribution in [3.8, 4) is 10.4 Å². The number of aryl methyl sites for hydroxylation is 1. The molecule has 0 saturated heterocycles. The van der Waals surface area contributed by atoms with Crippen LogP contribution in [0, 0.1) is 12.8 Å². The van der Waals surface area contributed by atoms with Crippen molar-refractivity contribution in [1.82, 2.24) is 10.3 Å². The number of anilines is 1. The van der Waals surface area contributed by atoms with Gasteiger partial charge in [0.1, 0.15) is 5.60 Å². The molecule has 1 aromatic carbocycles. The summed E-state index contributed by atoms with van der Waals surface area (Å²) in [6, 6.07) is 6.53. The molecule has 0 aliphatic heterocycles. The van der Waals surface area contributed by atoms with E-state index in [-0.39, 0.29) is 18.6 Å². The summed E-state index contributed by atoms with van der Waals surface area (Å²) in [7, 11) is 0. The molecule has 2 N–H and O–H groups in total. The van der Waals surface area contributed by atoms with E-state index in [2.05, 4.69) is 47.2 Å². The number of amides is 1. The molecule has 0 bridgehead atoms. The largest absolute Gasteiger partial charge is 0.444 e. The first-order chi connectivity index (χ1) is 14.0. The number of nitrogens with one attached hydrogen (secondary N) is 1. The second-order valence-corrected chi connectivity index (χ2v) is 9.85. The third kappa shape index (κ3) is 6.71. The van der Waals surface area contributed by atoms with Crippen molar-refractivity contribution in [1.29, 1.82) is 0 Å². The fourth-order valence-corrected chi connectivity index (χ4v) is 3.97. The molecule has 0 fully saturated rings. The predicted octanol–water partition coefficient (Wildman–Crippen LogP) is 4.99. The number of hydrogen-bond donors (Lipinski definition) is 2. The van der Waals surface area contributed by atoms with Gasteiger partial charge in [-0.3, -0.25) is 0 Å². The Bertz CT molecular complexity index is 842. The minimum atomic E-state index is -0.541. The Kier molecular flexibility index (Phi) is 8.26. The van der Waals surface area contributed by atoms with Crippen molar-refractivity contribution in [3.05, 3.63) is 35.0 Å². The van der Waals surface area contributed by atoms with E-state index in [0.29, 0.717) is 6.54 Å². The van der Waals surface area contributed by atoms with Gasteiger partial charge in [0.25, 0.3) is 0 Å². The number of carbonyl (C=O) groups excluding carboxylic acids is 1. The van der Waals surface area contributed by atoms with Gasteiger partial charge < -0.3 is 20.1 Å². The van der Waals surface area contributed by atoms with E-state index in [1.807, 2.05) is 40.1 Å². The summed E-state index contributed by atoms with van der Waals surface area (Å²) in [4.78, 5) is 20.0. The number of nitrogens with zero attached hydrogens (tertiary/aromatic N) is 2. The van der Waals surface area contributed by atoms with Gasteiger partial charge in [-0.1, -0.05) is 19.1 Å². The average molecular weight is 434 g/mol. The standard InChI is InChI=1S/C23H35N3O3S/c1-15(2)26(12-16(3)13-27)20-10-18(21-17(4)25-14-30-21)8-9-19(20)11-24-22(28)29-23(5,6)7/h8-10,14-16,27H,11-13H2,1-7H3,(H,24,28). The number of rotatable bonds is 8. The molecule has 30 heavy (non-hydrogen) atoms. The molecule has 7 heteroatoms. The van der Waals surface area contributed by atoms with Gasteiger partial charge in [0.2, 0.25) is 0 Å². The molecule has 166 valence electrons. The molecule has 1 unspecified atom stereocenters. The van der Waals surface area contributed by atoms with Crippen LogP contribution in [-0.4, -0.2) is 41.0 Å². The molecule has 1 heterocycles. The minimum Gasteiger partial charge on any atom is -0.444 e. The van der Waals surface area contributed by atoms with Gasteiger partial charge in [-0.25, -0.2) is 9.78 Å². The molecule has 1 aromatic heterocycles. The molecule has 0 saturated carbocycles. The van der Waals surface area contributed by atoms with Crippen molar-refractivity contribution in [2.45, 2.75) is 66.7 Å². The van der Waals surface area contributed by atoms with Crippen molar-refractivity contribution >= 4 is 23.1 Å². The zero-order valence-corrected chi connectivity index (χ0v) is 20.0. The van der Waals surface area contributed by atoms with E-state index in [4.69, 9.17) is 4.74 Å². The Balaban J connectivity index is 2.39. The minimum absolute atomic E-state index is 0.127. The van der Waals surface area contributed by atoms with Crippen LogP contribution in [0.25, 0.3) is 10.4 Å². The van der Waals surface area contributed by atoms with Crippen LogP contribution in [0.3, 0.4) is 0 Å². The SMILES string of the molecule is Cc1ncsc1-c1ccc(CNC(=O)OC(C)(C)C)c(N(CC(C)CO)C(C)C)c1. The first kappa shape index (κ1) is 24.2. The van der Waals surface area contributed by atoms with E-state index >= 15 is 0 Å². The zero-order valence-electron chi connectivity index (χ0n) is 19.2. The number of carbonyl (C=O) groups is 1. The maximum atomic E-state index is 12.2. The monoisotopic (exact) mass is 433 g/mol. The normalized spacial score (nSPS) is 12.7. The number of aliphatic hydroxyl groups excluding tert-OH is 1. The van der Waals surface area contributed by atoms with Gasteiger partial charge in [-0.15, -0.1) is 11.3 Å². The van der Waals surface area contributed by atoms with E-state index in [9.17, 15) is 9.90 Å². The lowest BCUT2D eigenvalue weighted by molar-refractivity contribution is 0.0523. The highest BCUT2D eigenvalue weighted by Crippen LogP contribution is 2.33. The Morgan fingerprint density at radius 2 is 2.00 bits per heavy atom. The average Bonchev–Trinajstić information content (AvgIpc) is 3.08. The summed E-state index contributed by atoms with van der Waals surface area (Å²) < 4.78 is 5.38. The van der Waals surface area contributed by atoms with Gasteiger partial charge in [0.15, 0.2) is 0 Å². The predicted molar refractivity (Wildman–Crippen MR) is 124 cm³/mol. The summed E-state index contributed by atoms with van der Waals surface area (Å²) >= 11 is 1.62. The number of hydrogen-bond acceptors (Lipinski definition) is 6. The number of alkyl carbamates (subject to hydrolysis) is 1. The molecule has 0 aliphatic carbocycles. The fourth-order valence-electron chi connectivity index (χ4n) is 3.16. The van der Waals surface area contributed by atoms with Crippen LogP contribution in [0.1, 0.15) is 52.8 Å². The summed E-state index contributed by atoms with van der Waals surface area (Å²) in [5.41, 5.74) is 5.48. The molecule has 6 nitrogen and oxygen atoms in total. The first-order valence-electron chi connectivity index (χ1n) is 10.4. The maximum Gasteiger partial charge on any atom is 0.407 e. The van der Waals surface area contributed by atoms with E-state index < -0.39 is 11.7 Å². The number of benzene rings is 1. The van der Waals surface area contributed by atoms with Gasteiger partial charge in [0.05, 0.1) is 16.1 Å². The molecule has 1 amide bonds. The highest BCUT2D eigenvalue weighted by atomic mass is 32.1. The lowest BCUT2D eigenvalue weighted by Gasteiger charge is -2.33. The molecular formula is C23H35N3O3S. The topological polar surface area (TPSA) is 74.7 Å². The van der Waals surface area contributed by atoms with Crippen molar-refractivity contribution < 1.29 is 14.6 Å². The van der Waals surface area contributed by atoms with E-state index in [1.54, 1.807) is 11.3 Å². The maximum absolute atomic E-state index is 12.2. The summed E-state index contributed by atoms with van der Waals surface area (Å²) in [6.45, 7) is 15.1. The Hall–Kier alpha value is -2.12. The van der Waals surface area contributed by atoms with Gasteiger partial charge in [-0.05, 0) is 64.7 Å². The second-order valence-electron chi connectivity index (χ2n) is 9.00. The van der Waals surface area contributed by atoms with Crippen molar-refractivity contribution in [2.75, 3.05) is 18.1 Å². The molecule has 0 spiro atoms. The molecule has 1 atom stereocenters. The van der Waals surface area contributed by atoms with Crippen molar-refractivity contribution in [3.63, 3.8) is 0 Å². The third-order valence-corrected chi connectivity index (χ3v) is 5.65. The number of aliphatic hydroxyl groups is 1. The van der Waals surface area contributed by atoms with Crippen LogP contribution in [0.4, 0.5) is 10.5 Å². The highest BCUT2D eigenvalue weighted by Gasteiger charge is 2.21. The second kappa shape index (κ2) is 10.3. The van der Waals surface area contributed by atoms with Gasteiger partial charge >= 0.3 is 6.09 Å². The molecule has 0 aliphatic rings. The zero-order chi connectivity index (χ0) is 22.5. The lowest BCUT2D eigenvalue weighted by Crippen LogP contribution is -2.37. The summed E-state index contributed by atoms with van der Waals surface area (Å²) in [6.07, 6.45) is -0.435. The highest BCUT2D eigenvalue weighted by molar-refractivity contribution is 7.13. The smallest absolute Gasteiger partial charge is 0.407 e. The Morgan fingerprint density at radius 3 is 2.53 bits per heavy atom. The number of thiazole rings is 1. The molecule has 2 rings (SSSR count). The van der Waals surface area contributed by atoms with Crippen LogP contribution < -0.4 is 10.2 Å². The van der Waals surface area contributed by atoms with Crippen LogP contribution in [0.2, 0.25) is 0 Å². The Morgan fingerprint density at radius 1 is 1.30 bits per heavy atom. The number of ether oxygens (including phenoxy) is 1. The van der Waals surface area contributed by atoms with Crippen LogP contribution in [0.5, 0.6) is 0 Å². The molecule has 2 aromatic rings. The van der Waals surface area contributed by atoms with Gasteiger partial charge in [0, 0.05) is 31.4 Å². The molecule has 0 radical (unpaired) electrons. The third-order valence-electron chi connectivity index (χ3n) is 4.67. The number of aromatic nitrogens is 1. The first-order valence-corrected chi connectivity index (χ1v) is 11.3. The van der Waals surface area contributed by atoms with Crippen molar-refractivity contribution in [2.24, 2.45) is 5.92 Å². The lowest BCUT2D eigenvalue weighted by atomic mass is 10.0. The summed E-state index contributed by atoms with van der Waals surface area (Å²) in [5, 5.41) is 12.5. The quantitative estimate of drug-likeness (QED) is 0.614.